The fourth-order valence-corrected chi connectivity index (χ4v) is 1.70. The first-order chi connectivity index (χ1) is 7.76. The minimum atomic E-state index is -0.288. The molecule has 0 unspecified atom stereocenters. The number of ether oxygens (including phenoxy) is 1. The molecular formula is C11H22N2O3. The number of hydroxylamine groups is 2. The molecule has 94 valence electrons. The van der Waals surface area contributed by atoms with E-state index in [1.807, 2.05) is 5.06 Å². The number of hydrogen-bond acceptors (Lipinski definition) is 4. The molecule has 0 aromatic rings. The maximum atomic E-state index is 11.4. The monoisotopic (exact) mass is 230 g/mol. The number of carbonyl (C=O) groups excluding carboxylic acids is 1. The fraction of sp³-hybridized carbons (Fsp3) is 0.909. The number of rotatable bonds is 5. The first-order valence-corrected chi connectivity index (χ1v) is 5.98. The molecule has 0 aliphatic carbocycles. The highest BCUT2D eigenvalue weighted by atomic mass is 16.7. The summed E-state index contributed by atoms with van der Waals surface area (Å²) in [6.07, 6.45) is 3.51. The normalized spacial score (nSPS) is 18.4. The summed E-state index contributed by atoms with van der Waals surface area (Å²) < 4.78 is 5.04. The van der Waals surface area contributed by atoms with Crippen LogP contribution in [0.5, 0.6) is 0 Å². The van der Waals surface area contributed by atoms with Crippen LogP contribution in [0.15, 0.2) is 0 Å². The summed E-state index contributed by atoms with van der Waals surface area (Å²) in [5, 5.41) is 4.78. The zero-order valence-corrected chi connectivity index (χ0v) is 10.2. The Hall–Kier alpha value is -0.810. The van der Waals surface area contributed by atoms with Crippen molar-refractivity contribution in [2.45, 2.75) is 38.6 Å². The Labute approximate surface area is 97.0 Å². The van der Waals surface area contributed by atoms with Gasteiger partial charge in [-0.2, -0.15) is 5.06 Å². The molecule has 1 rings (SSSR count). The second-order valence-corrected chi connectivity index (χ2v) is 4.02. The molecule has 1 amide bonds. The molecule has 1 fully saturated rings. The van der Waals surface area contributed by atoms with Gasteiger partial charge in [-0.15, -0.1) is 0 Å². The molecule has 1 saturated heterocycles. The third-order valence-corrected chi connectivity index (χ3v) is 2.77. The molecule has 1 heterocycles. The number of alkyl carbamates (subject to hydrolysis) is 1. The van der Waals surface area contributed by atoms with Gasteiger partial charge in [0.05, 0.1) is 13.7 Å². The van der Waals surface area contributed by atoms with Crippen LogP contribution in [-0.4, -0.2) is 44.0 Å². The average Bonchev–Trinajstić information content (AvgIpc) is 2.30. The lowest BCUT2D eigenvalue weighted by Crippen LogP contribution is -2.44. The predicted octanol–water partition coefficient (Wildman–Crippen LogP) is 1.54. The van der Waals surface area contributed by atoms with Crippen LogP contribution in [0.3, 0.4) is 0 Å². The van der Waals surface area contributed by atoms with Crippen molar-refractivity contribution in [2.24, 2.45) is 0 Å². The van der Waals surface area contributed by atoms with Gasteiger partial charge in [0, 0.05) is 19.1 Å². The Morgan fingerprint density at radius 3 is 2.69 bits per heavy atom. The van der Waals surface area contributed by atoms with Gasteiger partial charge in [0.15, 0.2) is 0 Å². The largest absolute Gasteiger partial charge is 0.450 e. The lowest BCUT2D eigenvalue weighted by Gasteiger charge is -2.30. The molecule has 16 heavy (non-hydrogen) atoms. The molecule has 1 N–H and O–H groups in total. The summed E-state index contributed by atoms with van der Waals surface area (Å²) in [5.41, 5.74) is 0. The van der Waals surface area contributed by atoms with Crippen molar-refractivity contribution in [2.75, 3.05) is 26.8 Å². The number of unbranched alkanes of at least 4 members (excludes halogenated alkanes) is 1. The summed E-state index contributed by atoms with van der Waals surface area (Å²) in [7, 11) is 1.67. The Balaban J connectivity index is 2.10. The Morgan fingerprint density at radius 1 is 1.44 bits per heavy atom. The molecule has 0 aromatic carbocycles. The molecule has 0 spiro atoms. The number of nitrogens with one attached hydrogen (secondary N) is 1. The third-order valence-electron chi connectivity index (χ3n) is 2.77. The minimum Gasteiger partial charge on any atom is -0.450 e. The second kappa shape index (κ2) is 7.46. The Kier molecular flexibility index (Phi) is 6.18. The van der Waals surface area contributed by atoms with Crippen LogP contribution in [0, 0.1) is 0 Å². The maximum Gasteiger partial charge on any atom is 0.407 e. The topological polar surface area (TPSA) is 50.8 Å². The molecule has 5 nitrogen and oxygen atoms in total. The van der Waals surface area contributed by atoms with Crippen LogP contribution in [0.25, 0.3) is 0 Å². The number of hydrogen-bond donors (Lipinski definition) is 1. The quantitative estimate of drug-likeness (QED) is 0.728. The van der Waals surface area contributed by atoms with Crippen LogP contribution >= 0.6 is 0 Å². The minimum absolute atomic E-state index is 0.223. The summed E-state index contributed by atoms with van der Waals surface area (Å²) in [4.78, 5) is 16.5. The molecule has 1 aliphatic rings. The van der Waals surface area contributed by atoms with E-state index in [1.54, 1.807) is 7.11 Å². The Morgan fingerprint density at radius 2 is 2.12 bits per heavy atom. The van der Waals surface area contributed by atoms with Crippen molar-refractivity contribution in [3.63, 3.8) is 0 Å². The van der Waals surface area contributed by atoms with Crippen molar-refractivity contribution < 1.29 is 14.4 Å². The standard InChI is InChI=1S/C11H22N2O3/c1-3-4-9-16-11(14)12-10-5-7-13(15-2)8-6-10/h10H,3-9H2,1-2H3,(H,12,14). The number of carbonyl (C=O) groups is 1. The van der Waals surface area contributed by atoms with Crippen molar-refractivity contribution >= 4 is 6.09 Å². The average molecular weight is 230 g/mol. The summed E-state index contributed by atoms with van der Waals surface area (Å²) in [6.45, 7) is 4.30. The van der Waals surface area contributed by atoms with Gasteiger partial charge < -0.3 is 14.9 Å². The summed E-state index contributed by atoms with van der Waals surface area (Å²) >= 11 is 0. The molecule has 0 bridgehead atoms. The summed E-state index contributed by atoms with van der Waals surface area (Å²) in [6, 6.07) is 0.223. The lowest BCUT2D eigenvalue weighted by molar-refractivity contribution is -0.144. The predicted molar refractivity (Wildman–Crippen MR) is 61.0 cm³/mol. The van der Waals surface area contributed by atoms with Crippen molar-refractivity contribution in [3.05, 3.63) is 0 Å². The zero-order valence-electron chi connectivity index (χ0n) is 10.2. The fourth-order valence-electron chi connectivity index (χ4n) is 1.70. The zero-order chi connectivity index (χ0) is 11.8. The third kappa shape index (κ3) is 4.81. The first kappa shape index (κ1) is 13.3. The van der Waals surface area contributed by atoms with E-state index >= 15 is 0 Å². The molecule has 1 aliphatic heterocycles. The summed E-state index contributed by atoms with van der Waals surface area (Å²) in [5.74, 6) is 0. The molecule has 5 heteroatoms. The molecule has 0 aromatic heterocycles. The van der Waals surface area contributed by atoms with Crippen LogP contribution in [0.2, 0.25) is 0 Å². The highest BCUT2D eigenvalue weighted by Crippen LogP contribution is 2.09. The molecular weight excluding hydrogens is 208 g/mol. The number of piperidine rings is 1. The maximum absolute atomic E-state index is 11.4. The van der Waals surface area contributed by atoms with Gasteiger partial charge in [-0.05, 0) is 19.3 Å². The van der Waals surface area contributed by atoms with Crippen molar-refractivity contribution in [1.82, 2.24) is 10.4 Å². The SMILES string of the molecule is CCCCOC(=O)NC1CCN(OC)CC1. The van der Waals surface area contributed by atoms with E-state index in [2.05, 4.69) is 12.2 Å². The van der Waals surface area contributed by atoms with E-state index in [4.69, 9.17) is 9.57 Å². The molecule has 0 atom stereocenters. The van der Waals surface area contributed by atoms with Gasteiger partial charge in [-0.25, -0.2) is 4.79 Å². The van der Waals surface area contributed by atoms with Gasteiger partial charge in [0.1, 0.15) is 0 Å². The lowest BCUT2D eigenvalue weighted by atomic mass is 10.1. The van der Waals surface area contributed by atoms with E-state index in [9.17, 15) is 4.79 Å². The van der Waals surface area contributed by atoms with E-state index in [0.717, 1.165) is 38.8 Å². The second-order valence-electron chi connectivity index (χ2n) is 4.02. The molecule has 0 saturated carbocycles. The van der Waals surface area contributed by atoms with E-state index < -0.39 is 0 Å². The van der Waals surface area contributed by atoms with E-state index in [0.29, 0.717) is 6.61 Å². The highest BCUT2D eigenvalue weighted by Gasteiger charge is 2.20. The smallest absolute Gasteiger partial charge is 0.407 e. The van der Waals surface area contributed by atoms with Crippen LogP contribution in [-0.2, 0) is 9.57 Å². The van der Waals surface area contributed by atoms with Crippen LogP contribution in [0.1, 0.15) is 32.6 Å². The first-order valence-electron chi connectivity index (χ1n) is 5.98. The molecule has 0 radical (unpaired) electrons. The van der Waals surface area contributed by atoms with Gasteiger partial charge >= 0.3 is 6.09 Å². The van der Waals surface area contributed by atoms with Crippen molar-refractivity contribution in [3.8, 4) is 0 Å². The van der Waals surface area contributed by atoms with E-state index in [1.165, 1.54) is 0 Å². The van der Waals surface area contributed by atoms with Gasteiger partial charge in [0.2, 0.25) is 0 Å². The van der Waals surface area contributed by atoms with Gasteiger partial charge in [-0.1, -0.05) is 13.3 Å². The number of nitrogens with zero attached hydrogens (tertiary/aromatic N) is 1. The highest BCUT2D eigenvalue weighted by molar-refractivity contribution is 5.67. The van der Waals surface area contributed by atoms with Crippen LogP contribution in [0.4, 0.5) is 4.79 Å². The van der Waals surface area contributed by atoms with Gasteiger partial charge in [-0.3, -0.25) is 0 Å². The Bertz CT molecular complexity index is 203. The van der Waals surface area contributed by atoms with Crippen LogP contribution < -0.4 is 5.32 Å². The van der Waals surface area contributed by atoms with Crippen molar-refractivity contribution in [1.29, 1.82) is 0 Å². The van der Waals surface area contributed by atoms with E-state index in [-0.39, 0.29) is 12.1 Å². The van der Waals surface area contributed by atoms with Gasteiger partial charge in [0.25, 0.3) is 0 Å². The number of amides is 1.